The van der Waals surface area contributed by atoms with Crippen molar-refractivity contribution >= 4 is 23.4 Å². The average Bonchev–Trinajstić information content (AvgIpc) is 2.43. The summed E-state index contributed by atoms with van der Waals surface area (Å²) in [5.74, 6) is -1.88. The van der Waals surface area contributed by atoms with E-state index in [9.17, 15) is 28.1 Å². The number of nitro groups is 1. The smallest absolute Gasteiger partial charge is 0.330 e. The largest absolute Gasteiger partial charge is 0.471 e. The van der Waals surface area contributed by atoms with E-state index in [4.69, 9.17) is 0 Å². The van der Waals surface area contributed by atoms with Gasteiger partial charge in [-0.3, -0.25) is 14.9 Å². The van der Waals surface area contributed by atoms with E-state index < -0.39 is 17.0 Å². The second kappa shape index (κ2) is 5.55. The van der Waals surface area contributed by atoms with Gasteiger partial charge in [-0.15, -0.1) is 11.8 Å². The van der Waals surface area contributed by atoms with Gasteiger partial charge in [0.1, 0.15) is 0 Å². The van der Waals surface area contributed by atoms with Crippen molar-refractivity contribution in [3.63, 3.8) is 0 Å². The van der Waals surface area contributed by atoms with Crippen LogP contribution in [-0.2, 0) is 17.8 Å². The molecule has 9 heteroatoms. The Kier molecular flexibility index (Phi) is 4.13. The highest BCUT2D eigenvalue weighted by Gasteiger charge is 2.43. The molecule has 21 heavy (non-hydrogen) atoms. The fourth-order valence-electron chi connectivity index (χ4n) is 2.23. The van der Waals surface area contributed by atoms with Crippen molar-refractivity contribution in [2.75, 3.05) is 12.8 Å². The van der Waals surface area contributed by atoms with Crippen molar-refractivity contribution in [3.8, 4) is 0 Å². The summed E-state index contributed by atoms with van der Waals surface area (Å²) in [6.45, 7) is -0.277. The van der Waals surface area contributed by atoms with Crippen LogP contribution in [0.5, 0.6) is 0 Å². The van der Waals surface area contributed by atoms with Gasteiger partial charge in [0.05, 0.1) is 9.82 Å². The standard InChI is InChI=1S/C12H11F3N2O3S/c1-21-10-5-8-6-16(11(18)12(13,14)15)3-2-7(8)4-9(10)17(19)20/h4-5H,2-3,6H2,1H3. The summed E-state index contributed by atoms with van der Waals surface area (Å²) in [6.07, 6.45) is -3.08. The summed E-state index contributed by atoms with van der Waals surface area (Å²) in [5, 5.41) is 10.9. The summed E-state index contributed by atoms with van der Waals surface area (Å²) in [6, 6.07) is 2.88. The Morgan fingerprint density at radius 3 is 2.57 bits per heavy atom. The van der Waals surface area contributed by atoms with Crippen molar-refractivity contribution in [1.82, 2.24) is 4.90 Å². The maximum Gasteiger partial charge on any atom is 0.471 e. The van der Waals surface area contributed by atoms with Gasteiger partial charge in [0.25, 0.3) is 5.69 Å². The molecule has 0 saturated carbocycles. The molecule has 0 atom stereocenters. The van der Waals surface area contributed by atoms with Crippen LogP contribution in [-0.4, -0.2) is 34.7 Å². The summed E-state index contributed by atoms with van der Waals surface area (Å²) in [4.78, 5) is 22.8. The molecule has 0 aromatic heterocycles. The van der Waals surface area contributed by atoms with E-state index in [1.165, 1.54) is 12.1 Å². The highest BCUT2D eigenvalue weighted by Crippen LogP contribution is 2.34. The first-order chi connectivity index (χ1) is 9.74. The van der Waals surface area contributed by atoms with E-state index in [0.29, 0.717) is 16.0 Å². The Morgan fingerprint density at radius 1 is 1.38 bits per heavy atom. The fraction of sp³-hybridized carbons (Fsp3) is 0.417. The number of halogens is 3. The van der Waals surface area contributed by atoms with Crippen molar-refractivity contribution in [3.05, 3.63) is 33.4 Å². The van der Waals surface area contributed by atoms with Crippen LogP contribution in [0.1, 0.15) is 11.1 Å². The van der Waals surface area contributed by atoms with Gasteiger partial charge in [-0.1, -0.05) is 0 Å². The molecule has 1 aromatic rings. The minimum Gasteiger partial charge on any atom is -0.330 e. The van der Waals surface area contributed by atoms with Crippen LogP contribution in [0, 0.1) is 10.1 Å². The molecular formula is C12H11F3N2O3S. The lowest BCUT2D eigenvalue weighted by Crippen LogP contribution is -2.43. The molecule has 0 aliphatic carbocycles. The van der Waals surface area contributed by atoms with E-state index in [1.807, 2.05) is 0 Å². The maximum absolute atomic E-state index is 12.4. The monoisotopic (exact) mass is 320 g/mol. The summed E-state index contributed by atoms with van der Waals surface area (Å²) >= 11 is 1.14. The van der Waals surface area contributed by atoms with Gasteiger partial charge in [0.2, 0.25) is 0 Å². The molecule has 1 amide bonds. The van der Waals surface area contributed by atoms with Crippen molar-refractivity contribution in [2.24, 2.45) is 0 Å². The Hall–Kier alpha value is -1.77. The summed E-state index contributed by atoms with van der Waals surface area (Å²) in [7, 11) is 0. The van der Waals surface area contributed by atoms with Crippen molar-refractivity contribution in [2.45, 2.75) is 24.0 Å². The Balaban J connectivity index is 2.33. The third-order valence-corrected chi connectivity index (χ3v) is 4.01. The number of alkyl halides is 3. The van der Waals surface area contributed by atoms with Crippen molar-refractivity contribution < 1.29 is 22.9 Å². The Labute approximate surface area is 122 Å². The molecule has 0 spiro atoms. The minimum absolute atomic E-state index is 0.0585. The number of nitrogens with zero attached hydrogens (tertiary/aromatic N) is 2. The summed E-state index contributed by atoms with van der Waals surface area (Å²) < 4.78 is 37.3. The molecule has 0 saturated heterocycles. The number of fused-ring (bicyclic) bond motifs is 1. The molecule has 1 heterocycles. The summed E-state index contributed by atoms with van der Waals surface area (Å²) in [5.41, 5.74) is 1.08. The fourth-order valence-corrected chi connectivity index (χ4v) is 2.84. The molecule has 1 aliphatic heterocycles. The van der Waals surface area contributed by atoms with Gasteiger partial charge >= 0.3 is 12.1 Å². The Bertz CT molecular complexity index is 604. The molecule has 0 bridgehead atoms. The average molecular weight is 320 g/mol. The van der Waals surface area contributed by atoms with Crippen LogP contribution in [0.3, 0.4) is 0 Å². The molecule has 1 aromatic carbocycles. The van der Waals surface area contributed by atoms with Crippen LogP contribution < -0.4 is 0 Å². The molecule has 0 unspecified atom stereocenters. The first-order valence-corrected chi connectivity index (χ1v) is 7.16. The van der Waals surface area contributed by atoms with Gasteiger partial charge in [-0.25, -0.2) is 0 Å². The van der Waals surface area contributed by atoms with Gasteiger partial charge in [-0.2, -0.15) is 13.2 Å². The van der Waals surface area contributed by atoms with Gasteiger partial charge in [0.15, 0.2) is 0 Å². The number of hydrogen-bond acceptors (Lipinski definition) is 4. The molecule has 2 rings (SSSR count). The normalized spacial score (nSPS) is 14.8. The van der Waals surface area contributed by atoms with E-state index in [2.05, 4.69) is 0 Å². The predicted molar refractivity (Wildman–Crippen MR) is 70.1 cm³/mol. The second-order valence-electron chi connectivity index (χ2n) is 4.52. The number of carbonyl (C=O) groups excluding carboxylic acids is 1. The van der Waals surface area contributed by atoms with Gasteiger partial charge in [-0.05, 0) is 29.9 Å². The molecule has 5 nitrogen and oxygen atoms in total. The lowest BCUT2D eigenvalue weighted by molar-refractivity contribution is -0.387. The van der Waals surface area contributed by atoms with Crippen LogP contribution in [0.4, 0.5) is 18.9 Å². The lowest BCUT2D eigenvalue weighted by atomic mass is 9.99. The number of rotatable bonds is 2. The lowest BCUT2D eigenvalue weighted by Gasteiger charge is -2.29. The third-order valence-electron chi connectivity index (χ3n) is 3.24. The number of amides is 1. The number of hydrogen-bond donors (Lipinski definition) is 0. The quantitative estimate of drug-likeness (QED) is 0.477. The first-order valence-electron chi connectivity index (χ1n) is 5.94. The molecule has 0 radical (unpaired) electrons. The SMILES string of the molecule is CSc1cc2c(cc1[N+](=O)[O-])CCN(C(=O)C(F)(F)F)C2. The zero-order chi connectivity index (χ0) is 15.8. The van der Waals surface area contributed by atoms with Crippen LogP contribution in [0.25, 0.3) is 0 Å². The number of thioether (sulfide) groups is 1. The van der Waals surface area contributed by atoms with E-state index in [0.717, 1.165) is 16.7 Å². The predicted octanol–water partition coefficient (Wildman–Crippen LogP) is 2.76. The van der Waals surface area contributed by atoms with E-state index in [-0.39, 0.29) is 25.2 Å². The van der Waals surface area contributed by atoms with Gasteiger partial charge < -0.3 is 4.90 Å². The van der Waals surface area contributed by atoms with Crippen molar-refractivity contribution in [1.29, 1.82) is 0 Å². The van der Waals surface area contributed by atoms with Crippen LogP contribution in [0.2, 0.25) is 0 Å². The molecular weight excluding hydrogens is 309 g/mol. The first kappa shape index (κ1) is 15.6. The van der Waals surface area contributed by atoms with Crippen LogP contribution >= 0.6 is 11.8 Å². The molecule has 0 N–H and O–H groups in total. The number of benzene rings is 1. The second-order valence-corrected chi connectivity index (χ2v) is 5.37. The molecule has 1 aliphatic rings. The maximum atomic E-state index is 12.4. The highest BCUT2D eigenvalue weighted by molar-refractivity contribution is 7.98. The topological polar surface area (TPSA) is 63.5 Å². The van der Waals surface area contributed by atoms with Gasteiger partial charge in [0, 0.05) is 19.2 Å². The van der Waals surface area contributed by atoms with E-state index in [1.54, 1.807) is 6.26 Å². The zero-order valence-electron chi connectivity index (χ0n) is 10.9. The van der Waals surface area contributed by atoms with Crippen LogP contribution in [0.15, 0.2) is 17.0 Å². The third kappa shape index (κ3) is 3.12. The Morgan fingerprint density at radius 2 is 2.05 bits per heavy atom. The highest BCUT2D eigenvalue weighted by atomic mass is 32.2. The molecule has 0 fully saturated rings. The zero-order valence-corrected chi connectivity index (χ0v) is 11.8. The number of nitro benzene ring substituents is 1. The van der Waals surface area contributed by atoms with E-state index >= 15 is 0 Å². The minimum atomic E-state index is -4.90. The number of carbonyl (C=O) groups is 1. The molecule has 114 valence electrons.